The molecular formula is C16H26Br2O4. The van der Waals surface area contributed by atoms with Crippen molar-refractivity contribution >= 4 is 43.8 Å². The van der Waals surface area contributed by atoms with Gasteiger partial charge in [0.05, 0.1) is 0 Å². The van der Waals surface area contributed by atoms with Gasteiger partial charge in [0.2, 0.25) is 0 Å². The second kappa shape index (κ2) is 14.2. The number of carbonyl (C=O) groups is 2. The monoisotopic (exact) mass is 440 g/mol. The van der Waals surface area contributed by atoms with Crippen molar-refractivity contribution in [1.29, 1.82) is 0 Å². The standard InChI is InChI=1S/C16H26Br2O4/c17-11-7-3-1-5-9-13(15(19)20)14(16(21)22)10-6-2-4-8-12-18/h1-12H2,(H,19,20)(H,21,22). The summed E-state index contributed by atoms with van der Waals surface area (Å²) in [6, 6.07) is 0. The van der Waals surface area contributed by atoms with Crippen LogP contribution in [-0.4, -0.2) is 32.8 Å². The molecule has 0 aromatic rings. The lowest BCUT2D eigenvalue weighted by molar-refractivity contribution is -0.136. The predicted molar refractivity (Wildman–Crippen MR) is 96.1 cm³/mol. The van der Waals surface area contributed by atoms with E-state index in [0.29, 0.717) is 12.8 Å². The zero-order valence-corrected chi connectivity index (χ0v) is 16.1. The lowest BCUT2D eigenvalue weighted by Crippen LogP contribution is -2.12. The van der Waals surface area contributed by atoms with E-state index >= 15 is 0 Å². The summed E-state index contributed by atoms with van der Waals surface area (Å²) in [6.07, 6.45) is 8.21. The summed E-state index contributed by atoms with van der Waals surface area (Å²) in [7, 11) is 0. The van der Waals surface area contributed by atoms with Gasteiger partial charge in [0, 0.05) is 21.8 Å². The molecule has 128 valence electrons. The largest absolute Gasteiger partial charge is 0.478 e. The first-order valence-electron chi connectivity index (χ1n) is 7.85. The molecule has 22 heavy (non-hydrogen) atoms. The Morgan fingerprint density at radius 1 is 0.591 bits per heavy atom. The van der Waals surface area contributed by atoms with Gasteiger partial charge in [-0.3, -0.25) is 0 Å². The Labute approximate surface area is 149 Å². The van der Waals surface area contributed by atoms with E-state index in [0.717, 1.165) is 62.0 Å². The van der Waals surface area contributed by atoms with E-state index in [1.54, 1.807) is 0 Å². The second-order valence-electron chi connectivity index (χ2n) is 5.27. The van der Waals surface area contributed by atoms with Crippen molar-refractivity contribution in [3.05, 3.63) is 11.1 Å². The van der Waals surface area contributed by atoms with Crippen LogP contribution in [0.4, 0.5) is 0 Å². The summed E-state index contributed by atoms with van der Waals surface area (Å²) in [5.74, 6) is -2.17. The number of carboxylic acid groups (broad SMARTS) is 2. The molecule has 0 aliphatic heterocycles. The highest BCUT2D eigenvalue weighted by Crippen LogP contribution is 2.20. The van der Waals surface area contributed by atoms with Crippen LogP contribution in [0.5, 0.6) is 0 Å². The molecule has 0 aliphatic carbocycles. The lowest BCUT2D eigenvalue weighted by Gasteiger charge is -2.09. The minimum absolute atomic E-state index is 0.0897. The van der Waals surface area contributed by atoms with Crippen molar-refractivity contribution in [2.75, 3.05) is 10.7 Å². The topological polar surface area (TPSA) is 74.6 Å². The lowest BCUT2D eigenvalue weighted by atomic mass is 9.97. The van der Waals surface area contributed by atoms with Crippen LogP contribution in [-0.2, 0) is 9.59 Å². The van der Waals surface area contributed by atoms with Crippen molar-refractivity contribution in [3.63, 3.8) is 0 Å². The summed E-state index contributed by atoms with van der Waals surface area (Å²) >= 11 is 6.72. The number of hydrogen-bond donors (Lipinski definition) is 2. The van der Waals surface area contributed by atoms with Gasteiger partial charge in [-0.15, -0.1) is 0 Å². The molecule has 0 amide bonds. The maximum atomic E-state index is 11.4. The average molecular weight is 442 g/mol. The van der Waals surface area contributed by atoms with Crippen LogP contribution in [0.3, 0.4) is 0 Å². The first-order chi connectivity index (χ1) is 10.5. The molecule has 0 rings (SSSR count). The summed E-state index contributed by atoms with van der Waals surface area (Å²) in [5.41, 5.74) is 0.179. The van der Waals surface area contributed by atoms with Gasteiger partial charge in [-0.2, -0.15) is 0 Å². The first kappa shape index (κ1) is 21.6. The third-order valence-corrected chi connectivity index (χ3v) is 4.62. The van der Waals surface area contributed by atoms with Crippen molar-refractivity contribution in [2.24, 2.45) is 0 Å². The van der Waals surface area contributed by atoms with E-state index in [-0.39, 0.29) is 11.1 Å². The van der Waals surface area contributed by atoms with Gasteiger partial charge in [0.15, 0.2) is 0 Å². The molecule has 0 aromatic heterocycles. The maximum Gasteiger partial charge on any atom is 0.332 e. The van der Waals surface area contributed by atoms with Crippen molar-refractivity contribution in [3.8, 4) is 0 Å². The average Bonchev–Trinajstić information content (AvgIpc) is 2.47. The number of aliphatic carboxylic acids is 2. The molecule has 0 saturated heterocycles. The molecule has 0 radical (unpaired) electrons. The van der Waals surface area contributed by atoms with Crippen LogP contribution in [0, 0.1) is 0 Å². The smallest absolute Gasteiger partial charge is 0.332 e. The van der Waals surface area contributed by atoms with E-state index in [9.17, 15) is 19.8 Å². The fraction of sp³-hybridized carbons (Fsp3) is 0.750. The Bertz CT molecular complexity index is 333. The molecule has 0 aromatic carbocycles. The normalized spacial score (nSPS) is 12.1. The molecule has 0 unspecified atom stereocenters. The molecule has 6 heteroatoms. The molecule has 0 bridgehead atoms. The molecule has 0 spiro atoms. The molecule has 0 aliphatic rings. The van der Waals surface area contributed by atoms with Crippen LogP contribution in [0.2, 0.25) is 0 Å². The van der Waals surface area contributed by atoms with E-state index in [4.69, 9.17) is 0 Å². The molecular weight excluding hydrogens is 416 g/mol. The Morgan fingerprint density at radius 2 is 0.909 bits per heavy atom. The van der Waals surface area contributed by atoms with Crippen LogP contribution in [0.25, 0.3) is 0 Å². The van der Waals surface area contributed by atoms with Gasteiger partial charge in [-0.05, 0) is 38.5 Å². The SMILES string of the molecule is O=C(O)C(CCCCCCBr)=C(CCCCCCBr)C(=O)O. The highest BCUT2D eigenvalue weighted by atomic mass is 79.9. The number of unbranched alkanes of at least 4 members (excludes halogenated alkanes) is 6. The van der Waals surface area contributed by atoms with E-state index in [1.807, 2.05) is 0 Å². The maximum absolute atomic E-state index is 11.4. The number of rotatable bonds is 14. The third kappa shape index (κ3) is 10.4. The number of alkyl halides is 2. The highest BCUT2D eigenvalue weighted by Gasteiger charge is 2.19. The van der Waals surface area contributed by atoms with Gasteiger partial charge in [0.1, 0.15) is 0 Å². The summed E-state index contributed by atoms with van der Waals surface area (Å²) in [4.78, 5) is 22.7. The summed E-state index contributed by atoms with van der Waals surface area (Å²) < 4.78 is 0. The van der Waals surface area contributed by atoms with Crippen molar-refractivity contribution in [2.45, 2.75) is 64.2 Å². The van der Waals surface area contributed by atoms with E-state index in [1.165, 1.54) is 0 Å². The Kier molecular flexibility index (Phi) is 14.0. The van der Waals surface area contributed by atoms with Crippen molar-refractivity contribution in [1.82, 2.24) is 0 Å². The molecule has 0 saturated carbocycles. The molecule has 0 fully saturated rings. The minimum atomic E-state index is -1.08. The third-order valence-electron chi connectivity index (χ3n) is 3.50. The van der Waals surface area contributed by atoms with Gasteiger partial charge in [-0.25, -0.2) is 9.59 Å². The Balaban J connectivity index is 4.55. The molecule has 2 N–H and O–H groups in total. The van der Waals surface area contributed by atoms with Gasteiger partial charge in [-0.1, -0.05) is 57.5 Å². The van der Waals surface area contributed by atoms with Crippen LogP contribution in [0.15, 0.2) is 11.1 Å². The van der Waals surface area contributed by atoms with Gasteiger partial charge < -0.3 is 10.2 Å². The number of hydrogen-bond acceptors (Lipinski definition) is 2. The zero-order valence-electron chi connectivity index (χ0n) is 13.0. The quantitative estimate of drug-likeness (QED) is 0.222. The first-order valence-corrected chi connectivity index (χ1v) is 10.1. The summed E-state index contributed by atoms with van der Waals surface area (Å²) in [5, 5.41) is 20.5. The van der Waals surface area contributed by atoms with Crippen LogP contribution < -0.4 is 0 Å². The Morgan fingerprint density at radius 3 is 1.18 bits per heavy atom. The zero-order chi connectivity index (χ0) is 16.8. The summed E-state index contributed by atoms with van der Waals surface area (Å²) in [6.45, 7) is 0. The second-order valence-corrected chi connectivity index (χ2v) is 6.86. The van der Waals surface area contributed by atoms with Gasteiger partial charge >= 0.3 is 11.9 Å². The predicted octanol–water partition coefficient (Wildman–Crippen LogP) is 5.14. The van der Waals surface area contributed by atoms with Crippen molar-refractivity contribution < 1.29 is 19.8 Å². The minimum Gasteiger partial charge on any atom is -0.478 e. The van der Waals surface area contributed by atoms with E-state index in [2.05, 4.69) is 31.9 Å². The number of carboxylic acids is 2. The fourth-order valence-corrected chi connectivity index (χ4v) is 3.07. The number of halogens is 2. The molecule has 0 atom stereocenters. The van der Waals surface area contributed by atoms with Crippen LogP contribution >= 0.6 is 31.9 Å². The molecule has 4 nitrogen and oxygen atoms in total. The van der Waals surface area contributed by atoms with Crippen LogP contribution in [0.1, 0.15) is 64.2 Å². The highest BCUT2D eigenvalue weighted by molar-refractivity contribution is 9.09. The van der Waals surface area contributed by atoms with E-state index < -0.39 is 11.9 Å². The Hall–Kier alpha value is -0.360. The fourth-order valence-electron chi connectivity index (χ4n) is 2.27. The molecule has 0 heterocycles. The van der Waals surface area contributed by atoms with Gasteiger partial charge in [0.25, 0.3) is 0 Å².